The second kappa shape index (κ2) is 7.81. The lowest BCUT2D eigenvalue weighted by Gasteiger charge is -2.33. The molecule has 1 amide bonds. The number of nitrogens with zero attached hydrogens (tertiary/aromatic N) is 5. The zero-order valence-electron chi connectivity index (χ0n) is 17.3. The minimum Gasteiger partial charge on any atom is -0.340 e. The minimum atomic E-state index is -0.148. The first kappa shape index (κ1) is 19.4. The van der Waals surface area contributed by atoms with E-state index in [1.807, 2.05) is 36.1 Å². The molecule has 1 unspecified atom stereocenters. The maximum absolute atomic E-state index is 13.0. The third-order valence-electron chi connectivity index (χ3n) is 5.83. The molecule has 0 radical (unpaired) electrons. The Hall–Kier alpha value is -2.96. The zero-order chi connectivity index (χ0) is 20.5. The van der Waals surface area contributed by atoms with Gasteiger partial charge in [0.25, 0.3) is 5.56 Å². The quantitative estimate of drug-likeness (QED) is 0.683. The first-order chi connectivity index (χ1) is 14.0. The number of hydrogen-bond acceptors (Lipinski definition) is 4. The largest absolute Gasteiger partial charge is 0.340 e. The summed E-state index contributed by atoms with van der Waals surface area (Å²) >= 11 is 0. The van der Waals surface area contributed by atoms with E-state index in [9.17, 15) is 9.59 Å². The highest BCUT2D eigenvalue weighted by molar-refractivity contribution is 5.77. The Balaban J connectivity index is 1.60. The number of likely N-dealkylation sites (tertiary alicyclic amines) is 1. The third-order valence-corrected chi connectivity index (χ3v) is 5.83. The van der Waals surface area contributed by atoms with Crippen molar-refractivity contribution in [3.05, 3.63) is 52.2 Å². The summed E-state index contributed by atoms with van der Waals surface area (Å²) in [6, 6.07) is 8.21. The van der Waals surface area contributed by atoms with Gasteiger partial charge in [-0.15, -0.1) is 0 Å². The van der Waals surface area contributed by atoms with Crippen molar-refractivity contribution in [1.82, 2.24) is 24.2 Å². The van der Waals surface area contributed by atoms with Crippen LogP contribution in [0.15, 0.2) is 35.3 Å². The predicted molar refractivity (Wildman–Crippen MR) is 112 cm³/mol. The molecule has 2 aromatic heterocycles. The van der Waals surface area contributed by atoms with E-state index in [1.165, 1.54) is 6.42 Å². The molecule has 0 spiro atoms. The lowest BCUT2D eigenvalue weighted by molar-refractivity contribution is -0.134. The topological polar surface area (TPSA) is 73.0 Å². The highest BCUT2D eigenvalue weighted by Crippen LogP contribution is 2.18. The van der Waals surface area contributed by atoms with Crippen LogP contribution in [0.25, 0.3) is 16.7 Å². The second-order valence-electron chi connectivity index (χ2n) is 7.93. The molecule has 29 heavy (non-hydrogen) atoms. The highest BCUT2D eigenvalue weighted by Gasteiger charge is 2.23. The van der Waals surface area contributed by atoms with Crippen molar-refractivity contribution < 1.29 is 4.79 Å². The Morgan fingerprint density at radius 1 is 1.17 bits per heavy atom. The number of aromatic nitrogens is 4. The number of rotatable bonds is 4. The molecular weight excluding hydrogens is 366 g/mol. The standard InChI is InChI=1S/C22H27N5O2/c1-15-7-9-18(10-8-15)27-21-19(14-23-27)22(29)26(17(3)24-21)13-11-20(28)25-12-5-4-6-16(25)2/h7-10,14,16H,4-6,11-13H2,1-3H3. The van der Waals surface area contributed by atoms with E-state index in [4.69, 9.17) is 0 Å². The number of hydrogen-bond donors (Lipinski definition) is 0. The van der Waals surface area contributed by atoms with E-state index in [0.29, 0.717) is 29.8 Å². The number of amides is 1. The summed E-state index contributed by atoms with van der Waals surface area (Å²) in [6.45, 7) is 7.08. The molecule has 0 saturated carbocycles. The van der Waals surface area contributed by atoms with Crippen LogP contribution in [0.4, 0.5) is 0 Å². The van der Waals surface area contributed by atoms with Gasteiger partial charge in [-0.25, -0.2) is 9.67 Å². The molecule has 4 rings (SSSR count). The van der Waals surface area contributed by atoms with Crippen molar-refractivity contribution in [3.8, 4) is 5.69 Å². The molecule has 1 atom stereocenters. The molecule has 1 aliphatic heterocycles. The molecule has 7 heteroatoms. The van der Waals surface area contributed by atoms with Crippen LogP contribution >= 0.6 is 0 Å². The van der Waals surface area contributed by atoms with Gasteiger partial charge in [0, 0.05) is 25.6 Å². The molecule has 152 valence electrons. The summed E-state index contributed by atoms with van der Waals surface area (Å²) in [5.41, 5.74) is 2.42. The molecular formula is C22H27N5O2. The average molecular weight is 393 g/mol. The van der Waals surface area contributed by atoms with Gasteiger partial charge in [-0.05, 0) is 52.2 Å². The van der Waals surface area contributed by atoms with Gasteiger partial charge in [-0.2, -0.15) is 5.10 Å². The molecule has 0 bridgehead atoms. The molecule has 1 saturated heterocycles. The van der Waals surface area contributed by atoms with E-state index in [0.717, 1.165) is 30.6 Å². The van der Waals surface area contributed by atoms with E-state index >= 15 is 0 Å². The fourth-order valence-corrected chi connectivity index (χ4v) is 4.06. The van der Waals surface area contributed by atoms with Gasteiger partial charge < -0.3 is 4.90 Å². The number of piperidine rings is 1. The van der Waals surface area contributed by atoms with Crippen molar-refractivity contribution in [2.24, 2.45) is 0 Å². The number of carbonyl (C=O) groups excluding carboxylic acids is 1. The first-order valence-corrected chi connectivity index (χ1v) is 10.3. The van der Waals surface area contributed by atoms with Gasteiger partial charge in [-0.1, -0.05) is 17.7 Å². The van der Waals surface area contributed by atoms with Gasteiger partial charge >= 0.3 is 0 Å². The normalized spacial score (nSPS) is 17.1. The third kappa shape index (κ3) is 3.69. The number of carbonyl (C=O) groups is 1. The van der Waals surface area contributed by atoms with Crippen LogP contribution < -0.4 is 5.56 Å². The highest BCUT2D eigenvalue weighted by atomic mass is 16.2. The maximum Gasteiger partial charge on any atom is 0.264 e. The van der Waals surface area contributed by atoms with Crippen molar-refractivity contribution in [2.75, 3.05) is 6.54 Å². The number of aryl methyl sites for hydroxylation is 2. The molecule has 1 fully saturated rings. The Kier molecular flexibility index (Phi) is 5.22. The summed E-state index contributed by atoms with van der Waals surface area (Å²) in [7, 11) is 0. The SMILES string of the molecule is Cc1ccc(-n2ncc3c(=O)n(CCC(=O)N4CCCCC4C)c(C)nc32)cc1. The summed E-state index contributed by atoms with van der Waals surface area (Å²) in [4.78, 5) is 32.3. The van der Waals surface area contributed by atoms with Crippen molar-refractivity contribution in [3.63, 3.8) is 0 Å². The molecule has 3 heterocycles. The van der Waals surface area contributed by atoms with E-state index < -0.39 is 0 Å². The van der Waals surface area contributed by atoms with Gasteiger partial charge in [-0.3, -0.25) is 14.2 Å². The van der Waals surface area contributed by atoms with Crippen LogP contribution in [-0.4, -0.2) is 42.7 Å². The fraction of sp³-hybridized carbons (Fsp3) is 0.455. The summed E-state index contributed by atoms with van der Waals surface area (Å²) in [5.74, 6) is 0.704. The monoisotopic (exact) mass is 393 g/mol. The Morgan fingerprint density at radius 3 is 2.66 bits per heavy atom. The maximum atomic E-state index is 13.0. The van der Waals surface area contributed by atoms with Gasteiger partial charge in [0.05, 0.1) is 11.9 Å². The first-order valence-electron chi connectivity index (χ1n) is 10.3. The lowest BCUT2D eigenvalue weighted by atomic mass is 10.0. The second-order valence-corrected chi connectivity index (χ2v) is 7.93. The van der Waals surface area contributed by atoms with E-state index in [-0.39, 0.29) is 17.5 Å². The smallest absolute Gasteiger partial charge is 0.264 e. The van der Waals surface area contributed by atoms with Gasteiger partial charge in [0.1, 0.15) is 11.2 Å². The van der Waals surface area contributed by atoms with Gasteiger partial charge in [0.15, 0.2) is 5.65 Å². The fourth-order valence-electron chi connectivity index (χ4n) is 4.06. The van der Waals surface area contributed by atoms with Crippen LogP contribution in [0.1, 0.15) is 44.0 Å². The van der Waals surface area contributed by atoms with Crippen LogP contribution in [0.5, 0.6) is 0 Å². The Labute approximate surface area is 170 Å². The molecule has 0 N–H and O–H groups in total. The average Bonchev–Trinajstić information content (AvgIpc) is 3.12. The molecule has 3 aromatic rings. The summed E-state index contributed by atoms with van der Waals surface area (Å²) in [6.07, 6.45) is 5.16. The Morgan fingerprint density at radius 2 is 1.93 bits per heavy atom. The van der Waals surface area contributed by atoms with Crippen molar-refractivity contribution >= 4 is 16.9 Å². The zero-order valence-corrected chi connectivity index (χ0v) is 17.3. The molecule has 1 aliphatic rings. The van der Waals surface area contributed by atoms with E-state index in [2.05, 4.69) is 17.0 Å². The molecule has 0 aliphatic carbocycles. The van der Waals surface area contributed by atoms with Crippen LogP contribution in [0, 0.1) is 13.8 Å². The lowest BCUT2D eigenvalue weighted by Crippen LogP contribution is -2.42. The number of fused-ring (bicyclic) bond motifs is 1. The Bertz CT molecular complexity index is 1100. The summed E-state index contributed by atoms with van der Waals surface area (Å²) < 4.78 is 3.28. The molecule has 7 nitrogen and oxygen atoms in total. The van der Waals surface area contributed by atoms with Crippen LogP contribution in [-0.2, 0) is 11.3 Å². The summed E-state index contributed by atoms with van der Waals surface area (Å²) in [5, 5.41) is 4.85. The van der Waals surface area contributed by atoms with Crippen LogP contribution in [0.2, 0.25) is 0 Å². The van der Waals surface area contributed by atoms with Crippen LogP contribution in [0.3, 0.4) is 0 Å². The minimum absolute atomic E-state index is 0.110. The van der Waals surface area contributed by atoms with Crippen molar-refractivity contribution in [1.29, 1.82) is 0 Å². The predicted octanol–water partition coefficient (Wildman–Crippen LogP) is 2.99. The molecule has 1 aromatic carbocycles. The van der Waals surface area contributed by atoms with Crippen molar-refractivity contribution in [2.45, 2.75) is 59.0 Å². The van der Waals surface area contributed by atoms with E-state index in [1.54, 1.807) is 22.4 Å². The number of benzene rings is 1. The van der Waals surface area contributed by atoms with Gasteiger partial charge in [0.2, 0.25) is 5.91 Å².